The fraction of sp³-hybridized carbons (Fsp3) is 0.250. The van der Waals surface area contributed by atoms with E-state index in [0.717, 1.165) is 34.6 Å². The summed E-state index contributed by atoms with van der Waals surface area (Å²) in [6.45, 7) is 4.96. The van der Waals surface area contributed by atoms with Crippen molar-refractivity contribution >= 4 is 27.4 Å². The van der Waals surface area contributed by atoms with Crippen LogP contribution in [0.1, 0.15) is 16.0 Å². The molecule has 3 nitrogen and oxygen atoms in total. The van der Waals surface area contributed by atoms with Gasteiger partial charge in [-0.1, -0.05) is 12.1 Å². The number of thiophene rings is 1. The molecular formula is C16H16FN3S. The average Bonchev–Trinajstić information content (AvgIpc) is 2.77. The summed E-state index contributed by atoms with van der Waals surface area (Å²) in [6.07, 6.45) is 2.42. The fourth-order valence-corrected chi connectivity index (χ4v) is 3.29. The van der Waals surface area contributed by atoms with E-state index in [1.807, 2.05) is 12.1 Å². The Kier molecular flexibility index (Phi) is 3.84. The maximum atomic E-state index is 12.9. The number of aromatic nitrogens is 2. The Labute approximate surface area is 126 Å². The molecule has 0 aliphatic rings. The predicted octanol–water partition coefficient (Wildman–Crippen LogP) is 4.10. The van der Waals surface area contributed by atoms with E-state index in [2.05, 4.69) is 29.1 Å². The molecule has 0 atom stereocenters. The zero-order chi connectivity index (χ0) is 14.8. The first kappa shape index (κ1) is 13.9. The highest BCUT2D eigenvalue weighted by Gasteiger charge is 2.11. The highest BCUT2D eigenvalue weighted by Crippen LogP contribution is 2.32. The van der Waals surface area contributed by atoms with Gasteiger partial charge in [-0.2, -0.15) is 0 Å². The Bertz CT molecular complexity index is 765. The molecule has 2 aromatic heterocycles. The molecule has 0 saturated heterocycles. The standard InChI is InChI=1S/C16H16FN3S/c1-10-11(2)21-16-14(10)15(19-9-20-16)18-8-7-12-3-5-13(17)6-4-12/h3-6,9H,7-8H2,1-2H3,(H,18,19,20). The lowest BCUT2D eigenvalue weighted by Crippen LogP contribution is -2.07. The van der Waals surface area contributed by atoms with E-state index < -0.39 is 0 Å². The summed E-state index contributed by atoms with van der Waals surface area (Å²) in [6, 6.07) is 6.61. The third-order valence-electron chi connectivity index (χ3n) is 3.58. The van der Waals surface area contributed by atoms with Gasteiger partial charge in [0.25, 0.3) is 0 Å². The van der Waals surface area contributed by atoms with Gasteiger partial charge in [-0.15, -0.1) is 11.3 Å². The second-order valence-corrected chi connectivity index (χ2v) is 6.19. The van der Waals surface area contributed by atoms with Crippen LogP contribution in [0.25, 0.3) is 10.2 Å². The normalized spacial score (nSPS) is 11.0. The summed E-state index contributed by atoms with van der Waals surface area (Å²) in [5.41, 5.74) is 2.34. The van der Waals surface area contributed by atoms with Crippen LogP contribution < -0.4 is 5.32 Å². The maximum absolute atomic E-state index is 12.9. The molecule has 0 spiro atoms. The van der Waals surface area contributed by atoms with Gasteiger partial charge in [0.15, 0.2) is 0 Å². The second kappa shape index (κ2) is 5.77. The van der Waals surface area contributed by atoms with Gasteiger partial charge in [0.05, 0.1) is 5.39 Å². The van der Waals surface area contributed by atoms with Gasteiger partial charge in [-0.05, 0) is 43.5 Å². The number of nitrogens with one attached hydrogen (secondary N) is 1. The highest BCUT2D eigenvalue weighted by molar-refractivity contribution is 7.18. The zero-order valence-corrected chi connectivity index (χ0v) is 12.8. The van der Waals surface area contributed by atoms with E-state index in [9.17, 15) is 4.39 Å². The quantitative estimate of drug-likeness (QED) is 0.788. The van der Waals surface area contributed by atoms with Crippen LogP contribution in [-0.4, -0.2) is 16.5 Å². The number of halogens is 1. The highest BCUT2D eigenvalue weighted by atomic mass is 32.1. The van der Waals surface area contributed by atoms with Crippen molar-refractivity contribution in [3.05, 3.63) is 52.4 Å². The lowest BCUT2D eigenvalue weighted by molar-refractivity contribution is 0.627. The van der Waals surface area contributed by atoms with Crippen LogP contribution >= 0.6 is 11.3 Å². The zero-order valence-electron chi connectivity index (χ0n) is 12.0. The second-order valence-electron chi connectivity index (χ2n) is 4.99. The first-order chi connectivity index (χ1) is 10.1. The van der Waals surface area contributed by atoms with Crippen LogP contribution in [0.4, 0.5) is 10.2 Å². The summed E-state index contributed by atoms with van der Waals surface area (Å²) in [5.74, 6) is 0.678. The molecule has 0 amide bonds. The molecule has 108 valence electrons. The monoisotopic (exact) mass is 301 g/mol. The Hall–Kier alpha value is -2.01. The van der Waals surface area contributed by atoms with E-state index in [0.29, 0.717) is 0 Å². The number of rotatable bonds is 4. The lowest BCUT2D eigenvalue weighted by Gasteiger charge is -2.07. The molecule has 3 aromatic rings. The summed E-state index contributed by atoms with van der Waals surface area (Å²) in [7, 11) is 0. The first-order valence-electron chi connectivity index (χ1n) is 6.84. The average molecular weight is 301 g/mol. The Morgan fingerprint density at radius 2 is 1.90 bits per heavy atom. The summed E-state index contributed by atoms with van der Waals surface area (Å²) in [5, 5.41) is 4.48. The van der Waals surface area contributed by atoms with Crippen LogP contribution in [0.5, 0.6) is 0 Å². The Balaban J connectivity index is 1.75. The molecule has 1 N–H and O–H groups in total. The Morgan fingerprint density at radius 3 is 2.67 bits per heavy atom. The number of hydrogen-bond donors (Lipinski definition) is 1. The number of nitrogens with zero attached hydrogens (tertiary/aromatic N) is 2. The van der Waals surface area contributed by atoms with Crippen LogP contribution in [0, 0.1) is 19.7 Å². The molecule has 0 unspecified atom stereocenters. The van der Waals surface area contributed by atoms with E-state index in [1.165, 1.54) is 22.6 Å². The van der Waals surface area contributed by atoms with E-state index in [-0.39, 0.29) is 5.82 Å². The number of benzene rings is 1. The topological polar surface area (TPSA) is 37.8 Å². The van der Waals surface area contributed by atoms with Gasteiger partial charge >= 0.3 is 0 Å². The molecule has 0 bridgehead atoms. The molecule has 5 heteroatoms. The largest absolute Gasteiger partial charge is 0.369 e. The van der Waals surface area contributed by atoms with E-state index in [4.69, 9.17) is 0 Å². The Morgan fingerprint density at radius 1 is 1.14 bits per heavy atom. The number of hydrogen-bond acceptors (Lipinski definition) is 4. The van der Waals surface area contributed by atoms with Crippen molar-refractivity contribution in [2.75, 3.05) is 11.9 Å². The van der Waals surface area contributed by atoms with Gasteiger partial charge in [0.1, 0.15) is 22.8 Å². The van der Waals surface area contributed by atoms with Crippen molar-refractivity contribution in [1.82, 2.24) is 9.97 Å². The van der Waals surface area contributed by atoms with Crippen molar-refractivity contribution in [3.8, 4) is 0 Å². The molecule has 0 aliphatic carbocycles. The third-order valence-corrected chi connectivity index (χ3v) is 4.70. The van der Waals surface area contributed by atoms with E-state index in [1.54, 1.807) is 17.7 Å². The predicted molar refractivity (Wildman–Crippen MR) is 85.5 cm³/mol. The molecule has 0 fully saturated rings. The van der Waals surface area contributed by atoms with Gasteiger partial charge in [0, 0.05) is 11.4 Å². The maximum Gasteiger partial charge on any atom is 0.138 e. The van der Waals surface area contributed by atoms with Crippen molar-refractivity contribution in [2.45, 2.75) is 20.3 Å². The molecule has 1 aromatic carbocycles. The number of anilines is 1. The van der Waals surface area contributed by atoms with Crippen molar-refractivity contribution < 1.29 is 4.39 Å². The molecular weight excluding hydrogens is 285 g/mol. The SMILES string of the molecule is Cc1sc2ncnc(NCCc3ccc(F)cc3)c2c1C. The fourth-order valence-electron chi connectivity index (χ4n) is 2.29. The minimum absolute atomic E-state index is 0.200. The summed E-state index contributed by atoms with van der Waals surface area (Å²) < 4.78 is 12.9. The summed E-state index contributed by atoms with van der Waals surface area (Å²) in [4.78, 5) is 11.0. The molecule has 3 rings (SSSR count). The number of aryl methyl sites for hydroxylation is 2. The van der Waals surface area contributed by atoms with Gasteiger partial charge < -0.3 is 5.32 Å². The van der Waals surface area contributed by atoms with Gasteiger partial charge in [0.2, 0.25) is 0 Å². The van der Waals surface area contributed by atoms with Crippen LogP contribution in [-0.2, 0) is 6.42 Å². The lowest BCUT2D eigenvalue weighted by atomic mass is 10.1. The smallest absolute Gasteiger partial charge is 0.138 e. The third kappa shape index (κ3) is 2.88. The molecule has 2 heterocycles. The molecule has 0 radical (unpaired) electrons. The molecule has 21 heavy (non-hydrogen) atoms. The first-order valence-corrected chi connectivity index (χ1v) is 7.66. The molecule has 0 saturated carbocycles. The number of fused-ring (bicyclic) bond motifs is 1. The molecule has 0 aliphatic heterocycles. The van der Waals surface area contributed by atoms with Crippen LogP contribution in [0.3, 0.4) is 0 Å². The van der Waals surface area contributed by atoms with Gasteiger partial charge in [-0.25, -0.2) is 14.4 Å². The minimum atomic E-state index is -0.200. The minimum Gasteiger partial charge on any atom is -0.369 e. The summed E-state index contributed by atoms with van der Waals surface area (Å²) >= 11 is 1.69. The van der Waals surface area contributed by atoms with E-state index >= 15 is 0 Å². The van der Waals surface area contributed by atoms with Gasteiger partial charge in [-0.3, -0.25) is 0 Å². The van der Waals surface area contributed by atoms with Crippen LogP contribution in [0.15, 0.2) is 30.6 Å². The van der Waals surface area contributed by atoms with Crippen molar-refractivity contribution in [2.24, 2.45) is 0 Å². The van der Waals surface area contributed by atoms with Crippen molar-refractivity contribution in [1.29, 1.82) is 0 Å². The van der Waals surface area contributed by atoms with Crippen molar-refractivity contribution in [3.63, 3.8) is 0 Å². The van der Waals surface area contributed by atoms with Crippen LogP contribution in [0.2, 0.25) is 0 Å².